The highest BCUT2D eigenvalue weighted by Gasteiger charge is 2.37. The zero-order valence-electron chi connectivity index (χ0n) is 21.8. The Morgan fingerprint density at radius 2 is 1.77 bits per heavy atom. The summed E-state index contributed by atoms with van der Waals surface area (Å²) in [6, 6.07) is 16.9. The Bertz CT molecular complexity index is 1120. The highest BCUT2D eigenvalue weighted by molar-refractivity contribution is 6.74. The van der Waals surface area contributed by atoms with E-state index < -0.39 is 8.32 Å². The third-order valence-electron chi connectivity index (χ3n) is 6.17. The van der Waals surface area contributed by atoms with Gasteiger partial charge < -0.3 is 19.2 Å². The fourth-order valence-electron chi connectivity index (χ4n) is 3.07. The monoisotopic (exact) mass is 495 g/mol. The molecule has 1 unspecified atom stereocenters. The first-order valence-corrected chi connectivity index (χ1v) is 14.8. The fourth-order valence-corrected chi connectivity index (χ4v) is 4.16. The van der Waals surface area contributed by atoms with E-state index in [2.05, 4.69) is 44.3 Å². The Morgan fingerprint density at radius 3 is 2.40 bits per heavy atom. The summed E-state index contributed by atoms with van der Waals surface area (Å²) in [6.45, 7) is 13.9. The summed E-state index contributed by atoms with van der Waals surface area (Å²) in [5, 5.41) is 7.16. The Balaban J connectivity index is 1.76. The van der Waals surface area contributed by atoms with Crippen LogP contribution in [0, 0.1) is 0 Å². The van der Waals surface area contributed by atoms with Crippen molar-refractivity contribution in [3.8, 4) is 11.5 Å². The molecule has 0 bridgehead atoms. The van der Waals surface area contributed by atoms with Crippen LogP contribution in [0.5, 0.6) is 11.5 Å². The molecule has 0 aliphatic carbocycles. The molecule has 0 saturated carbocycles. The summed E-state index contributed by atoms with van der Waals surface area (Å²) in [5.74, 6) is 1.29. The number of hydrogen-bond donors (Lipinski definition) is 1. The average molecular weight is 496 g/mol. The number of benzene rings is 2. The largest absolute Gasteiger partial charge is 0.489 e. The maximum Gasteiger partial charge on any atom is 0.257 e. The number of ether oxygens (including phenoxy) is 2. The number of hydrogen-bond acceptors (Lipinski definition) is 5. The van der Waals surface area contributed by atoms with E-state index in [9.17, 15) is 4.79 Å². The van der Waals surface area contributed by atoms with Gasteiger partial charge in [-0.05, 0) is 42.8 Å². The number of aryl methyl sites for hydroxylation is 1. The maximum atomic E-state index is 13.0. The van der Waals surface area contributed by atoms with E-state index in [1.54, 1.807) is 36.1 Å². The maximum absolute atomic E-state index is 13.0. The molecule has 0 saturated heterocycles. The minimum Gasteiger partial charge on any atom is -0.489 e. The van der Waals surface area contributed by atoms with E-state index in [1.165, 1.54) is 0 Å². The Morgan fingerprint density at radius 1 is 1.09 bits per heavy atom. The van der Waals surface area contributed by atoms with Gasteiger partial charge in [0.2, 0.25) is 0 Å². The normalized spacial score (nSPS) is 12.8. The van der Waals surface area contributed by atoms with Gasteiger partial charge in [0.25, 0.3) is 5.91 Å². The molecule has 0 fully saturated rings. The van der Waals surface area contributed by atoms with Gasteiger partial charge in [-0.3, -0.25) is 9.48 Å². The number of aromatic nitrogens is 2. The molecule has 0 aliphatic rings. The lowest BCUT2D eigenvalue weighted by Gasteiger charge is -2.36. The van der Waals surface area contributed by atoms with Crippen LogP contribution in [0.2, 0.25) is 18.1 Å². The van der Waals surface area contributed by atoms with Gasteiger partial charge in [0.15, 0.2) is 14.1 Å². The highest BCUT2D eigenvalue weighted by Crippen LogP contribution is 2.36. The van der Waals surface area contributed by atoms with E-state index in [0.29, 0.717) is 36.1 Å². The minimum atomic E-state index is -1.89. The number of rotatable bonds is 10. The van der Waals surface area contributed by atoms with Gasteiger partial charge >= 0.3 is 0 Å². The standard InChI is InChI=1S/C27H37N3O4Si/c1-20(18-33-35(6,7)27(2,3)4)34-24-16-22(26(31)28-25-13-14-30(5)29-25)15-23(17-24)32-19-21-11-9-8-10-12-21/h8-17,20H,18-19H2,1-7H3,(H,28,29,31). The summed E-state index contributed by atoms with van der Waals surface area (Å²) >= 11 is 0. The van der Waals surface area contributed by atoms with Gasteiger partial charge in [0.05, 0.1) is 6.61 Å². The predicted molar refractivity (Wildman–Crippen MR) is 142 cm³/mol. The Labute approximate surface area is 209 Å². The zero-order chi connectivity index (χ0) is 25.6. The summed E-state index contributed by atoms with van der Waals surface area (Å²) in [6.07, 6.45) is 1.58. The molecule has 7 nitrogen and oxygen atoms in total. The van der Waals surface area contributed by atoms with Crippen molar-refractivity contribution < 1.29 is 18.7 Å². The second-order valence-electron chi connectivity index (χ2n) is 10.3. The van der Waals surface area contributed by atoms with E-state index in [-0.39, 0.29) is 17.0 Å². The van der Waals surface area contributed by atoms with Crippen molar-refractivity contribution >= 4 is 20.0 Å². The minimum absolute atomic E-state index is 0.120. The van der Waals surface area contributed by atoms with Gasteiger partial charge in [-0.15, -0.1) is 0 Å². The Kier molecular flexibility index (Phi) is 8.40. The van der Waals surface area contributed by atoms with Crippen LogP contribution in [0.1, 0.15) is 43.6 Å². The van der Waals surface area contributed by atoms with Crippen molar-refractivity contribution in [1.82, 2.24) is 9.78 Å². The molecule has 2 aromatic carbocycles. The molecule has 3 rings (SSSR count). The molecule has 3 aromatic rings. The molecule has 1 amide bonds. The van der Waals surface area contributed by atoms with Gasteiger partial charge in [-0.25, -0.2) is 0 Å². The molecule has 188 valence electrons. The first-order chi connectivity index (χ1) is 16.4. The van der Waals surface area contributed by atoms with Gasteiger partial charge in [0.1, 0.15) is 24.2 Å². The second kappa shape index (κ2) is 11.1. The lowest BCUT2D eigenvalue weighted by Crippen LogP contribution is -2.43. The smallest absolute Gasteiger partial charge is 0.257 e. The number of amides is 1. The summed E-state index contributed by atoms with van der Waals surface area (Å²) in [5.41, 5.74) is 1.46. The van der Waals surface area contributed by atoms with Crippen LogP contribution >= 0.6 is 0 Å². The molecular weight excluding hydrogens is 458 g/mol. The number of anilines is 1. The fraction of sp³-hybridized carbons (Fsp3) is 0.407. The van der Waals surface area contributed by atoms with Crippen LogP contribution in [0.15, 0.2) is 60.8 Å². The van der Waals surface area contributed by atoms with E-state index in [4.69, 9.17) is 13.9 Å². The van der Waals surface area contributed by atoms with E-state index in [0.717, 1.165) is 5.56 Å². The van der Waals surface area contributed by atoms with E-state index in [1.807, 2.05) is 43.3 Å². The summed E-state index contributed by atoms with van der Waals surface area (Å²) in [7, 11) is -0.0953. The van der Waals surface area contributed by atoms with Crippen LogP contribution < -0.4 is 14.8 Å². The molecule has 35 heavy (non-hydrogen) atoms. The number of nitrogens with zero attached hydrogens (tertiary/aromatic N) is 2. The predicted octanol–water partition coefficient (Wildman–Crippen LogP) is 6.04. The lowest BCUT2D eigenvalue weighted by molar-refractivity contribution is 0.102. The van der Waals surface area contributed by atoms with Crippen molar-refractivity contribution in [3.63, 3.8) is 0 Å². The molecule has 0 aliphatic heterocycles. The van der Waals surface area contributed by atoms with Crippen LogP contribution in [0.4, 0.5) is 5.82 Å². The summed E-state index contributed by atoms with van der Waals surface area (Å²) in [4.78, 5) is 13.0. The van der Waals surface area contributed by atoms with Crippen LogP contribution in [0.3, 0.4) is 0 Å². The van der Waals surface area contributed by atoms with Gasteiger partial charge in [-0.1, -0.05) is 51.1 Å². The van der Waals surface area contributed by atoms with Crippen LogP contribution in [-0.4, -0.2) is 36.7 Å². The average Bonchev–Trinajstić information content (AvgIpc) is 3.20. The SMILES string of the molecule is CC(CO[Si](C)(C)C(C)(C)C)Oc1cc(OCc2ccccc2)cc(C(=O)Nc2ccn(C)n2)c1. The van der Waals surface area contributed by atoms with Crippen LogP contribution in [-0.2, 0) is 18.1 Å². The quantitative estimate of drug-likeness (QED) is 0.347. The summed E-state index contributed by atoms with van der Waals surface area (Å²) < 4.78 is 20.1. The molecule has 1 atom stereocenters. The van der Waals surface area contributed by atoms with Crippen molar-refractivity contribution in [2.24, 2.45) is 7.05 Å². The highest BCUT2D eigenvalue weighted by atomic mass is 28.4. The molecule has 8 heteroatoms. The molecule has 0 radical (unpaired) electrons. The zero-order valence-corrected chi connectivity index (χ0v) is 22.8. The molecule has 1 aromatic heterocycles. The van der Waals surface area contributed by atoms with Crippen molar-refractivity contribution in [2.75, 3.05) is 11.9 Å². The van der Waals surface area contributed by atoms with Gasteiger partial charge in [0, 0.05) is 30.9 Å². The third-order valence-corrected chi connectivity index (χ3v) is 10.7. The van der Waals surface area contributed by atoms with Crippen molar-refractivity contribution in [3.05, 3.63) is 71.9 Å². The molecule has 0 spiro atoms. The Hall–Kier alpha value is -3.10. The van der Waals surface area contributed by atoms with Crippen molar-refractivity contribution in [2.45, 2.75) is 58.5 Å². The second-order valence-corrected chi connectivity index (χ2v) is 15.1. The van der Waals surface area contributed by atoms with Crippen molar-refractivity contribution in [1.29, 1.82) is 0 Å². The number of carbonyl (C=O) groups excluding carboxylic acids is 1. The van der Waals surface area contributed by atoms with E-state index >= 15 is 0 Å². The topological polar surface area (TPSA) is 74.6 Å². The van der Waals surface area contributed by atoms with Gasteiger partial charge in [-0.2, -0.15) is 5.10 Å². The first kappa shape index (κ1) is 26.5. The third kappa shape index (κ3) is 7.70. The van der Waals surface area contributed by atoms with Crippen LogP contribution in [0.25, 0.3) is 0 Å². The lowest BCUT2D eigenvalue weighted by atomic mass is 10.1. The first-order valence-electron chi connectivity index (χ1n) is 11.9. The molecule has 1 heterocycles. The molecular formula is C27H37N3O4Si. The number of nitrogens with one attached hydrogen (secondary N) is 1. The number of carbonyl (C=O) groups is 1. The molecule has 1 N–H and O–H groups in total.